The van der Waals surface area contributed by atoms with E-state index in [1.54, 1.807) is 0 Å². The van der Waals surface area contributed by atoms with Crippen LogP contribution in [0.4, 0.5) is 13.2 Å². The molecule has 1 N–H and O–H groups in total. The Morgan fingerprint density at radius 1 is 1.32 bits per heavy atom. The highest BCUT2D eigenvalue weighted by Crippen LogP contribution is 2.37. The quantitative estimate of drug-likeness (QED) is 0.868. The van der Waals surface area contributed by atoms with E-state index in [4.69, 9.17) is 4.74 Å². The van der Waals surface area contributed by atoms with Crippen LogP contribution in [0.2, 0.25) is 0 Å². The van der Waals surface area contributed by atoms with Crippen LogP contribution >= 0.6 is 0 Å². The van der Waals surface area contributed by atoms with Crippen molar-refractivity contribution < 1.29 is 22.7 Å². The van der Waals surface area contributed by atoms with E-state index in [1.165, 1.54) is 0 Å². The maximum Gasteiger partial charge on any atom is 0.406 e. The first kappa shape index (κ1) is 17.5. The minimum Gasteiger partial charge on any atom is -0.368 e. The summed E-state index contributed by atoms with van der Waals surface area (Å²) in [5, 5.41) is 3.25. The fourth-order valence-corrected chi connectivity index (χ4v) is 3.53. The van der Waals surface area contributed by atoms with Gasteiger partial charge in [0.05, 0.1) is 17.2 Å². The largest absolute Gasteiger partial charge is 0.406 e. The van der Waals surface area contributed by atoms with Crippen LogP contribution in [0.15, 0.2) is 0 Å². The number of carbonyl (C=O) groups is 1. The maximum atomic E-state index is 12.5. The monoisotopic (exact) mass is 322 g/mol. The van der Waals surface area contributed by atoms with Crippen molar-refractivity contribution in [1.82, 2.24) is 10.2 Å². The standard InChI is InChI=1S/C15H25F3N2O2/c1-13(2)8-11(14(3,4)22-13)19-10-6-5-7-20(12(10)21)9-15(16,17)18/h10-11,19H,5-9H2,1-4H3. The average Bonchev–Trinajstić information content (AvgIpc) is 2.50. The van der Waals surface area contributed by atoms with Gasteiger partial charge in [-0.25, -0.2) is 0 Å². The van der Waals surface area contributed by atoms with E-state index in [0.29, 0.717) is 12.8 Å². The molecule has 2 heterocycles. The van der Waals surface area contributed by atoms with Crippen molar-refractivity contribution in [3.63, 3.8) is 0 Å². The van der Waals surface area contributed by atoms with Gasteiger partial charge in [0, 0.05) is 12.6 Å². The molecule has 0 aromatic carbocycles. The number of carbonyl (C=O) groups excluding carboxylic acids is 1. The number of nitrogens with zero attached hydrogens (tertiary/aromatic N) is 1. The molecule has 22 heavy (non-hydrogen) atoms. The summed E-state index contributed by atoms with van der Waals surface area (Å²) in [4.78, 5) is 13.2. The van der Waals surface area contributed by atoms with Crippen LogP contribution < -0.4 is 5.32 Å². The second kappa shape index (κ2) is 5.67. The molecule has 2 aliphatic rings. The fraction of sp³-hybridized carbons (Fsp3) is 0.933. The van der Waals surface area contributed by atoms with E-state index in [-0.39, 0.29) is 18.2 Å². The van der Waals surface area contributed by atoms with Gasteiger partial charge in [-0.1, -0.05) is 0 Å². The lowest BCUT2D eigenvalue weighted by atomic mass is 9.92. The second-order valence-corrected chi connectivity index (χ2v) is 7.46. The molecule has 128 valence electrons. The van der Waals surface area contributed by atoms with E-state index in [2.05, 4.69) is 5.32 Å². The molecule has 2 fully saturated rings. The van der Waals surface area contributed by atoms with Gasteiger partial charge in [0.1, 0.15) is 6.54 Å². The summed E-state index contributed by atoms with van der Waals surface area (Å²) >= 11 is 0. The topological polar surface area (TPSA) is 41.6 Å². The summed E-state index contributed by atoms with van der Waals surface area (Å²) < 4.78 is 43.6. The molecule has 0 saturated carbocycles. The van der Waals surface area contributed by atoms with E-state index >= 15 is 0 Å². The zero-order valence-corrected chi connectivity index (χ0v) is 13.6. The van der Waals surface area contributed by atoms with Crippen LogP contribution in [-0.4, -0.2) is 53.4 Å². The molecule has 4 nitrogen and oxygen atoms in total. The highest BCUT2D eigenvalue weighted by atomic mass is 19.4. The van der Waals surface area contributed by atoms with Gasteiger partial charge in [-0.3, -0.25) is 4.79 Å². The van der Waals surface area contributed by atoms with Gasteiger partial charge < -0.3 is 15.0 Å². The molecule has 0 aromatic heterocycles. The van der Waals surface area contributed by atoms with Crippen molar-refractivity contribution >= 4 is 5.91 Å². The van der Waals surface area contributed by atoms with E-state index < -0.39 is 30.3 Å². The lowest BCUT2D eigenvalue weighted by molar-refractivity contribution is -0.165. The van der Waals surface area contributed by atoms with E-state index in [9.17, 15) is 18.0 Å². The number of piperidine rings is 1. The molecule has 0 spiro atoms. The Kier molecular flexibility index (Phi) is 4.52. The summed E-state index contributed by atoms with van der Waals surface area (Å²) in [7, 11) is 0. The molecule has 0 bridgehead atoms. The highest BCUT2D eigenvalue weighted by Gasteiger charge is 2.47. The van der Waals surface area contributed by atoms with E-state index in [1.807, 2.05) is 27.7 Å². The van der Waals surface area contributed by atoms with Crippen LogP contribution in [-0.2, 0) is 9.53 Å². The molecule has 7 heteroatoms. The molecular weight excluding hydrogens is 297 g/mol. The van der Waals surface area contributed by atoms with Crippen molar-refractivity contribution in [3.8, 4) is 0 Å². The number of alkyl halides is 3. The molecule has 2 aliphatic heterocycles. The zero-order chi connectivity index (χ0) is 16.8. The lowest BCUT2D eigenvalue weighted by Crippen LogP contribution is -2.57. The Balaban J connectivity index is 2.02. The summed E-state index contributed by atoms with van der Waals surface area (Å²) in [6, 6.07) is -0.611. The number of halogens is 3. The third kappa shape index (κ3) is 4.13. The van der Waals surface area contributed by atoms with Crippen LogP contribution in [0.5, 0.6) is 0 Å². The number of nitrogens with one attached hydrogen (secondary N) is 1. The lowest BCUT2D eigenvalue weighted by Gasteiger charge is -2.36. The Bertz CT molecular complexity index is 435. The van der Waals surface area contributed by atoms with Gasteiger partial charge in [0.25, 0.3) is 0 Å². The van der Waals surface area contributed by atoms with Crippen LogP contribution in [0.3, 0.4) is 0 Å². The zero-order valence-electron chi connectivity index (χ0n) is 13.6. The molecule has 2 unspecified atom stereocenters. The third-order valence-corrected chi connectivity index (χ3v) is 4.38. The summed E-state index contributed by atoms with van der Waals surface area (Å²) in [5.74, 6) is -0.455. The number of rotatable bonds is 3. The van der Waals surface area contributed by atoms with Gasteiger partial charge in [-0.2, -0.15) is 13.2 Å². The van der Waals surface area contributed by atoms with Gasteiger partial charge >= 0.3 is 6.18 Å². The molecular formula is C15H25F3N2O2. The third-order valence-electron chi connectivity index (χ3n) is 4.38. The van der Waals surface area contributed by atoms with E-state index in [0.717, 1.165) is 11.3 Å². The molecule has 0 radical (unpaired) electrons. The molecule has 2 saturated heterocycles. The number of hydrogen-bond donors (Lipinski definition) is 1. The maximum absolute atomic E-state index is 12.5. The number of hydrogen-bond acceptors (Lipinski definition) is 3. The molecule has 0 aromatic rings. The predicted molar refractivity (Wildman–Crippen MR) is 76.4 cm³/mol. The molecule has 0 aliphatic carbocycles. The van der Waals surface area contributed by atoms with Crippen LogP contribution in [0.25, 0.3) is 0 Å². The average molecular weight is 322 g/mol. The van der Waals surface area contributed by atoms with Crippen molar-refractivity contribution in [3.05, 3.63) is 0 Å². The Morgan fingerprint density at radius 3 is 2.45 bits per heavy atom. The first-order valence-corrected chi connectivity index (χ1v) is 7.71. The number of amides is 1. The van der Waals surface area contributed by atoms with Crippen LogP contribution in [0, 0.1) is 0 Å². The van der Waals surface area contributed by atoms with Crippen molar-refractivity contribution in [2.24, 2.45) is 0 Å². The summed E-state index contributed by atoms with van der Waals surface area (Å²) in [5.41, 5.74) is -0.749. The Labute approximate surface area is 129 Å². The minimum absolute atomic E-state index is 0.0534. The second-order valence-electron chi connectivity index (χ2n) is 7.46. The Morgan fingerprint density at radius 2 is 1.95 bits per heavy atom. The van der Waals surface area contributed by atoms with Gasteiger partial charge in [-0.15, -0.1) is 0 Å². The van der Waals surface area contributed by atoms with Crippen LogP contribution in [0.1, 0.15) is 47.0 Å². The predicted octanol–water partition coefficient (Wildman–Crippen LogP) is 2.48. The summed E-state index contributed by atoms with van der Waals surface area (Å²) in [6.07, 6.45) is -2.48. The van der Waals surface area contributed by atoms with Crippen molar-refractivity contribution in [2.75, 3.05) is 13.1 Å². The minimum atomic E-state index is -4.35. The SMILES string of the molecule is CC1(C)CC(NC2CCCN(CC(F)(F)F)C2=O)C(C)(C)O1. The first-order valence-electron chi connectivity index (χ1n) is 7.71. The molecule has 1 amide bonds. The van der Waals surface area contributed by atoms with Gasteiger partial charge in [-0.05, 0) is 47.0 Å². The normalized spacial score (nSPS) is 31.6. The highest BCUT2D eigenvalue weighted by molar-refractivity contribution is 5.82. The van der Waals surface area contributed by atoms with Gasteiger partial charge in [0.2, 0.25) is 5.91 Å². The smallest absolute Gasteiger partial charge is 0.368 e. The molecule has 2 atom stereocenters. The Hall–Kier alpha value is -0.820. The number of ether oxygens (including phenoxy) is 1. The number of likely N-dealkylation sites (tertiary alicyclic amines) is 1. The van der Waals surface area contributed by atoms with Gasteiger partial charge in [0.15, 0.2) is 0 Å². The first-order chi connectivity index (χ1) is 9.90. The molecule has 2 rings (SSSR count). The van der Waals surface area contributed by atoms with Crippen molar-refractivity contribution in [2.45, 2.75) is 76.4 Å². The summed E-state index contributed by atoms with van der Waals surface area (Å²) in [6.45, 7) is 6.86. The van der Waals surface area contributed by atoms with Crippen molar-refractivity contribution in [1.29, 1.82) is 0 Å². The fourth-order valence-electron chi connectivity index (χ4n) is 3.53.